The first-order chi connectivity index (χ1) is 14.9. The summed E-state index contributed by atoms with van der Waals surface area (Å²) in [5.74, 6) is -4.00. The van der Waals surface area contributed by atoms with Crippen LogP contribution < -0.4 is 0 Å². The Balaban J connectivity index is 2.17. The fraction of sp³-hybridized carbons (Fsp3) is 0.667. The molecule has 2 aliphatic carbocycles. The summed E-state index contributed by atoms with van der Waals surface area (Å²) in [5.41, 5.74) is 0.362. The summed E-state index contributed by atoms with van der Waals surface area (Å²) in [4.78, 5) is 49.3. The molecule has 1 aliphatic heterocycles. The van der Waals surface area contributed by atoms with Gasteiger partial charge in [-0.3, -0.25) is 9.59 Å². The molecule has 0 spiro atoms. The summed E-state index contributed by atoms with van der Waals surface area (Å²) in [5, 5.41) is 0. The molecule has 0 N–H and O–H groups in total. The lowest BCUT2D eigenvalue weighted by atomic mass is 9.51. The molecule has 0 bridgehead atoms. The predicted octanol–water partition coefficient (Wildman–Crippen LogP) is 3.38. The lowest BCUT2D eigenvalue weighted by Gasteiger charge is -2.58. The van der Waals surface area contributed by atoms with Gasteiger partial charge in [0.15, 0.2) is 0 Å². The van der Waals surface area contributed by atoms with Gasteiger partial charge in [0, 0.05) is 42.7 Å². The molecule has 0 aromatic heterocycles. The van der Waals surface area contributed by atoms with Crippen LogP contribution in [0.4, 0.5) is 0 Å². The van der Waals surface area contributed by atoms with Crippen molar-refractivity contribution in [3.63, 3.8) is 0 Å². The summed E-state index contributed by atoms with van der Waals surface area (Å²) in [6, 6.07) is 0. The van der Waals surface area contributed by atoms with Crippen LogP contribution in [0, 0.1) is 17.3 Å². The number of esters is 4. The Hall–Kier alpha value is -2.64. The second-order valence-electron chi connectivity index (χ2n) is 9.31. The topological polar surface area (TPSA) is 105 Å². The largest absolute Gasteiger partial charge is 0.462 e. The Kier molecular flexibility index (Phi) is 6.28. The Labute approximate surface area is 188 Å². The lowest BCUT2D eigenvalue weighted by molar-refractivity contribution is -0.246. The van der Waals surface area contributed by atoms with Crippen molar-refractivity contribution in [3.05, 3.63) is 22.8 Å². The van der Waals surface area contributed by atoms with Crippen LogP contribution in [-0.2, 0) is 38.1 Å². The van der Waals surface area contributed by atoms with Crippen molar-refractivity contribution >= 4 is 23.9 Å². The van der Waals surface area contributed by atoms with Gasteiger partial charge >= 0.3 is 23.9 Å². The number of carbonyl (C=O) groups is 4. The molecular weight excluding hydrogens is 416 g/mol. The van der Waals surface area contributed by atoms with Crippen molar-refractivity contribution in [3.8, 4) is 0 Å². The standard InChI is InChI=1S/C24H32O8/c1-8-12(2)21(27)30-20-19-13(3)22(28)32-24(19,31-16(6)26)11-17-9-10-18(29-15(5)25)14(4)23(17,20)7/h8,14,17-18,20H,9-11H2,1-7H3/b12-8-/t14-,17+,18-,20+,23+,24-/m0/s1. The molecule has 3 rings (SSSR count). The van der Waals surface area contributed by atoms with Gasteiger partial charge in [-0.15, -0.1) is 0 Å². The molecule has 2 saturated carbocycles. The average molecular weight is 449 g/mol. The monoisotopic (exact) mass is 448 g/mol. The van der Waals surface area contributed by atoms with Crippen LogP contribution in [0.15, 0.2) is 22.8 Å². The highest BCUT2D eigenvalue weighted by atomic mass is 16.7. The fourth-order valence-corrected chi connectivity index (χ4v) is 5.56. The number of allylic oxidation sites excluding steroid dienone is 1. The first-order valence-electron chi connectivity index (χ1n) is 11.0. The molecular formula is C24H32O8. The van der Waals surface area contributed by atoms with Crippen molar-refractivity contribution in [1.29, 1.82) is 0 Å². The Morgan fingerprint density at radius 3 is 2.31 bits per heavy atom. The minimum Gasteiger partial charge on any atom is -0.462 e. The number of carbonyl (C=O) groups excluding carboxylic acids is 4. The fourth-order valence-electron chi connectivity index (χ4n) is 5.56. The predicted molar refractivity (Wildman–Crippen MR) is 113 cm³/mol. The van der Waals surface area contributed by atoms with Crippen molar-refractivity contribution in [2.24, 2.45) is 17.3 Å². The van der Waals surface area contributed by atoms with Gasteiger partial charge < -0.3 is 18.9 Å². The van der Waals surface area contributed by atoms with Crippen LogP contribution in [0.3, 0.4) is 0 Å². The maximum absolute atomic E-state index is 12.9. The van der Waals surface area contributed by atoms with E-state index in [1.165, 1.54) is 13.8 Å². The molecule has 2 fully saturated rings. The minimum absolute atomic E-state index is 0.116. The molecule has 8 heteroatoms. The first-order valence-corrected chi connectivity index (χ1v) is 11.0. The summed E-state index contributed by atoms with van der Waals surface area (Å²) in [7, 11) is 0. The summed E-state index contributed by atoms with van der Waals surface area (Å²) < 4.78 is 22.9. The minimum atomic E-state index is -1.60. The molecule has 0 unspecified atom stereocenters. The van der Waals surface area contributed by atoms with Crippen molar-refractivity contribution in [2.45, 2.75) is 85.7 Å². The van der Waals surface area contributed by atoms with E-state index in [0.717, 1.165) is 0 Å². The van der Waals surface area contributed by atoms with Crippen molar-refractivity contribution in [2.75, 3.05) is 0 Å². The molecule has 6 atom stereocenters. The lowest BCUT2D eigenvalue weighted by Crippen LogP contribution is -2.62. The van der Waals surface area contributed by atoms with E-state index in [1.54, 1.807) is 26.8 Å². The quantitative estimate of drug-likeness (QED) is 0.366. The van der Waals surface area contributed by atoms with Crippen LogP contribution in [0.25, 0.3) is 0 Å². The first kappa shape index (κ1) is 24.0. The maximum atomic E-state index is 12.9. The zero-order chi connectivity index (χ0) is 24.0. The van der Waals surface area contributed by atoms with Crippen LogP contribution in [0.1, 0.15) is 67.7 Å². The highest BCUT2D eigenvalue weighted by molar-refractivity contribution is 5.94. The molecule has 3 aliphatic rings. The molecule has 8 nitrogen and oxygen atoms in total. The molecule has 32 heavy (non-hydrogen) atoms. The number of rotatable bonds is 4. The molecule has 0 amide bonds. The normalized spacial score (nSPS) is 36.6. The summed E-state index contributed by atoms with van der Waals surface area (Å²) in [6.45, 7) is 11.6. The third-order valence-electron chi connectivity index (χ3n) is 7.54. The zero-order valence-corrected chi connectivity index (χ0v) is 19.8. The van der Waals surface area contributed by atoms with E-state index in [4.69, 9.17) is 18.9 Å². The third kappa shape index (κ3) is 3.73. The number of hydrogen-bond donors (Lipinski definition) is 0. The second kappa shape index (κ2) is 8.37. The molecule has 0 saturated heterocycles. The van der Waals surface area contributed by atoms with Gasteiger partial charge in [0.25, 0.3) is 5.79 Å². The molecule has 1 heterocycles. The van der Waals surface area contributed by atoms with E-state index >= 15 is 0 Å². The number of hydrogen-bond acceptors (Lipinski definition) is 8. The van der Waals surface area contributed by atoms with E-state index in [-0.39, 0.29) is 35.9 Å². The molecule has 176 valence electrons. The highest BCUT2D eigenvalue weighted by Gasteiger charge is 2.67. The maximum Gasteiger partial charge on any atom is 0.337 e. The van der Waals surface area contributed by atoms with Gasteiger partial charge in [-0.1, -0.05) is 19.9 Å². The van der Waals surface area contributed by atoms with E-state index < -0.39 is 35.2 Å². The molecule has 0 aromatic carbocycles. The van der Waals surface area contributed by atoms with Gasteiger partial charge in [-0.2, -0.15) is 0 Å². The number of ether oxygens (including phenoxy) is 4. The Bertz CT molecular complexity index is 915. The molecule has 0 aromatic rings. The summed E-state index contributed by atoms with van der Waals surface area (Å²) in [6.07, 6.45) is 1.88. The smallest absolute Gasteiger partial charge is 0.337 e. The highest BCUT2D eigenvalue weighted by Crippen LogP contribution is 2.61. The van der Waals surface area contributed by atoms with E-state index in [1.807, 2.05) is 13.8 Å². The Morgan fingerprint density at radius 2 is 1.75 bits per heavy atom. The van der Waals surface area contributed by atoms with Gasteiger partial charge in [-0.05, 0) is 39.5 Å². The average Bonchev–Trinajstić information content (AvgIpc) is 2.94. The number of fused-ring (bicyclic) bond motifs is 2. The molecule has 0 radical (unpaired) electrons. The van der Waals surface area contributed by atoms with E-state index in [9.17, 15) is 19.2 Å². The SMILES string of the molecule is C/C=C(/C)C(=O)O[C@@H]1C2=C(C)C(=O)O[C@@]2(OC(C)=O)C[C@H]2CC[C@H](OC(C)=O)[C@H](C)[C@]21C. The van der Waals surface area contributed by atoms with Crippen molar-refractivity contribution < 1.29 is 38.1 Å². The van der Waals surface area contributed by atoms with Gasteiger partial charge in [0.1, 0.15) is 12.2 Å². The van der Waals surface area contributed by atoms with Crippen LogP contribution >= 0.6 is 0 Å². The van der Waals surface area contributed by atoms with E-state index in [0.29, 0.717) is 24.0 Å². The zero-order valence-electron chi connectivity index (χ0n) is 19.8. The van der Waals surface area contributed by atoms with Crippen LogP contribution in [0.5, 0.6) is 0 Å². The summed E-state index contributed by atoms with van der Waals surface area (Å²) >= 11 is 0. The van der Waals surface area contributed by atoms with Crippen LogP contribution in [0.2, 0.25) is 0 Å². The second-order valence-corrected chi connectivity index (χ2v) is 9.31. The van der Waals surface area contributed by atoms with Crippen molar-refractivity contribution in [1.82, 2.24) is 0 Å². The third-order valence-corrected chi connectivity index (χ3v) is 7.54. The van der Waals surface area contributed by atoms with Gasteiger partial charge in [-0.25, -0.2) is 9.59 Å². The van der Waals surface area contributed by atoms with Crippen LogP contribution in [-0.4, -0.2) is 41.9 Å². The van der Waals surface area contributed by atoms with Gasteiger partial charge in [0.05, 0.1) is 5.57 Å². The Morgan fingerprint density at radius 1 is 1.09 bits per heavy atom. The van der Waals surface area contributed by atoms with Gasteiger partial charge in [0.2, 0.25) is 0 Å². The van der Waals surface area contributed by atoms with E-state index in [2.05, 4.69) is 0 Å².